The molecule has 1 aromatic heterocycles. The van der Waals surface area contributed by atoms with Crippen LogP contribution < -0.4 is 5.32 Å². The number of pyridine rings is 1. The topological polar surface area (TPSA) is 45.2 Å². The fourth-order valence-corrected chi connectivity index (χ4v) is 2.06. The Morgan fingerprint density at radius 3 is 2.67 bits per heavy atom. The van der Waals surface area contributed by atoms with Crippen LogP contribution in [0.25, 0.3) is 0 Å². The second-order valence-electron chi connectivity index (χ2n) is 5.15. The molecule has 0 saturated heterocycles. The van der Waals surface area contributed by atoms with Crippen LogP contribution in [0.3, 0.4) is 0 Å². The number of carbonyl (C=O) groups is 1. The van der Waals surface area contributed by atoms with E-state index in [-0.39, 0.29) is 5.91 Å². The number of hydrogen-bond acceptors (Lipinski definition) is 3. The first kappa shape index (κ1) is 15.0. The first-order valence-electron chi connectivity index (χ1n) is 7.12. The summed E-state index contributed by atoms with van der Waals surface area (Å²) in [5, 5.41) is 3.34. The summed E-state index contributed by atoms with van der Waals surface area (Å²) >= 11 is 0. The summed E-state index contributed by atoms with van der Waals surface area (Å²) in [6, 6.07) is 14.1. The molecule has 2 rings (SSSR count). The van der Waals surface area contributed by atoms with E-state index in [1.807, 2.05) is 12.1 Å². The molecule has 4 nitrogen and oxygen atoms in total. The molecule has 0 saturated carbocycles. The van der Waals surface area contributed by atoms with Crippen LogP contribution in [-0.2, 0) is 6.42 Å². The van der Waals surface area contributed by atoms with Gasteiger partial charge in [-0.3, -0.25) is 9.78 Å². The van der Waals surface area contributed by atoms with Crippen LogP contribution in [0.5, 0.6) is 0 Å². The van der Waals surface area contributed by atoms with E-state index in [4.69, 9.17) is 0 Å². The second kappa shape index (κ2) is 7.43. The van der Waals surface area contributed by atoms with E-state index in [9.17, 15) is 4.79 Å². The zero-order valence-corrected chi connectivity index (χ0v) is 12.5. The molecule has 1 N–H and O–H groups in total. The molecule has 0 unspecified atom stereocenters. The number of nitrogens with zero attached hydrogens (tertiary/aromatic N) is 2. The molecule has 0 aliphatic carbocycles. The predicted octanol–water partition coefficient (Wildman–Crippen LogP) is 2.83. The van der Waals surface area contributed by atoms with E-state index in [1.54, 1.807) is 26.4 Å². The monoisotopic (exact) mass is 283 g/mol. The van der Waals surface area contributed by atoms with E-state index >= 15 is 0 Å². The molecule has 21 heavy (non-hydrogen) atoms. The van der Waals surface area contributed by atoms with Gasteiger partial charge in [0, 0.05) is 32.5 Å². The second-order valence-corrected chi connectivity index (χ2v) is 5.15. The fraction of sp³-hybridized carbons (Fsp3) is 0.294. The Hall–Kier alpha value is -2.36. The first-order chi connectivity index (χ1) is 10.2. The average molecular weight is 283 g/mol. The largest absolute Gasteiger partial charge is 0.385 e. The SMILES string of the molecule is CN(C)C(=O)c1cc(NCCCc2ccccc2)ccn1. The Balaban J connectivity index is 1.83. The standard InChI is InChI=1S/C17H21N3O/c1-20(2)17(21)16-13-15(10-12-19-16)18-11-6-9-14-7-4-3-5-8-14/h3-5,7-8,10,12-13H,6,9,11H2,1-2H3,(H,18,19). The minimum Gasteiger partial charge on any atom is -0.385 e. The van der Waals surface area contributed by atoms with Crippen LogP contribution in [0, 0.1) is 0 Å². The van der Waals surface area contributed by atoms with Crippen molar-refractivity contribution in [3.05, 3.63) is 59.9 Å². The number of hydrogen-bond donors (Lipinski definition) is 1. The average Bonchev–Trinajstić information content (AvgIpc) is 2.52. The molecule has 1 heterocycles. The highest BCUT2D eigenvalue weighted by Gasteiger charge is 2.09. The Labute approximate surface area is 125 Å². The van der Waals surface area contributed by atoms with Crippen molar-refractivity contribution >= 4 is 11.6 Å². The third-order valence-corrected chi connectivity index (χ3v) is 3.20. The van der Waals surface area contributed by atoms with Gasteiger partial charge in [0.1, 0.15) is 5.69 Å². The van der Waals surface area contributed by atoms with Crippen molar-refractivity contribution < 1.29 is 4.79 Å². The van der Waals surface area contributed by atoms with Crippen molar-refractivity contribution in [1.82, 2.24) is 9.88 Å². The van der Waals surface area contributed by atoms with Gasteiger partial charge in [0.2, 0.25) is 0 Å². The van der Waals surface area contributed by atoms with E-state index in [0.29, 0.717) is 5.69 Å². The van der Waals surface area contributed by atoms with Crippen molar-refractivity contribution in [3.8, 4) is 0 Å². The molecular formula is C17H21N3O. The van der Waals surface area contributed by atoms with Crippen molar-refractivity contribution in [1.29, 1.82) is 0 Å². The van der Waals surface area contributed by atoms with Crippen LogP contribution >= 0.6 is 0 Å². The molecule has 1 amide bonds. The van der Waals surface area contributed by atoms with Crippen molar-refractivity contribution in [2.24, 2.45) is 0 Å². The highest BCUT2D eigenvalue weighted by atomic mass is 16.2. The summed E-state index contributed by atoms with van der Waals surface area (Å²) in [6.07, 6.45) is 3.75. The number of rotatable bonds is 6. The molecule has 0 bridgehead atoms. The summed E-state index contributed by atoms with van der Waals surface area (Å²) in [6.45, 7) is 0.870. The van der Waals surface area contributed by atoms with Gasteiger partial charge in [-0.05, 0) is 30.5 Å². The lowest BCUT2D eigenvalue weighted by atomic mass is 10.1. The summed E-state index contributed by atoms with van der Waals surface area (Å²) in [5.74, 6) is -0.0806. The maximum atomic E-state index is 11.8. The van der Waals surface area contributed by atoms with Crippen LogP contribution in [-0.4, -0.2) is 36.4 Å². The van der Waals surface area contributed by atoms with Gasteiger partial charge in [-0.2, -0.15) is 0 Å². The van der Waals surface area contributed by atoms with Crippen molar-refractivity contribution in [2.45, 2.75) is 12.8 Å². The van der Waals surface area contributed by atoms with Gasteiger partial charge in [-0.25, -0.2) is 0 Å². The van der Waals surface area contributed by atoms with Crippen LogP contribution in [0.1, 0.15) is 22.5 Å². The lowest BCUT2D eigenvalue weighted by molar-refractivity contribution is 0.0822. The third kappa shape index (κ3) is 4.60. The zero-order chi connectivity index (χ0) is 15.1. The van der Waals surface area contributed by atoms with Gasteiger partial charge in [-0.15, -0.1) is 0 Å². The van der Waals surface area contributed by atoms with Gasteiger partial charge >= 0.3 is 0 Å². The number of amides is 1. The lowest BCUT2D eigenvalue weighted by Gasteiger charge is -2.11. The Morgan fingerprint density at radius 1 is 1.19 bits per heavy atom. The Morgan fingerprint density at radius 2 is 1.95 bits per heavy atom. The lowest BCUT2D eigenvalue weighted by Crippen LogP contribution is -2.22. The number of nitrogens with one attached hydrogen (secondary N) is 1. The van der Waals surface area contributed by atoms with Gasteiger partial charge in [0.15, 0.2) is 0 Å². The number of aromatic nitrogens is 1. The van der Waals surface area contributed by atoms with Crippen molar-refractivity contribution in [2.75, 3.05) is 26.0 Å². The summed E-state index contributed by atoms with van der Waals surface area (Å²) in [5.41, 5.74) is 2.74. The molecule has 4 heteroatoms. The van der Waals surface area contributed by atoms with E-state index in [2.05, 4.69) is 34.6 Å². The van der Waals surface area contributed by atoms with E-state index in [0.717, 1.165) is 25.1 Å². The number of anilines is 1. The highest BCUT2D eigenvalue weighted by Crippen LogP contribution is 2.10. The molecule has 0 aliphatic heterocycles. The fourth-order valence-electron chi connectivity index (χ4n) is 2.06. The molecule has 1 aromatic carbocycles. The maximum Gasteiger partial charge on any atom is 0.272 e. The Bertz CT molecular complexity index is 582. The smallest absolute Gasteiger partial charge is 0.272 e. The molecule has 110 valence electrons. The third-order valence-electron chi connectivity index (χ3n) is 3.20. The quantitative estimate of drug-likeness (QED) is 0.829. The zero-order valence-electron chi connectivity index (χ0n) is 12.5. The molecule has 0 spiro atoms. The summed E-state index contributed by atoms with van der Waals surface area (Å²) in [7, 11) is 3.45. The first-order valence-corrected chi connectivity index (χ1v) is 7.12. The van der Waals surface area contributed by atoms with E-state index < -0.39 is 0 Å². The molecule has 0 aliphatic rings. The summed E-state index contributed by atoms with van der Waals surface area (Å²) < 4.78 is 0. The molecule has 0 fully saturated rings. The van der Waals surface area contributed by atoms with Gasteiger partial charge in [0.05, 0.1) is 0 Å². The van der Waals surface area contributed by atoms with Gasteiger partial charge < -0.3 is 10.2 Å². The molecular weight excluding hydrogens is 262 g/mol. The van der Waals surface area contributed by atoms with Crippen LogP contribution in [0.4, 0.5) is 5.69 Å². The van der Waals surface area contributed by atoms with Crippen LogP contribution in [0.2, 0.25) is 0 Å². The molecule has 0 radical (unpaired) electrons. The number of benzene rings is 1. The van der Waals surface area contributed by atoms with Crippen LogP contribution in [0.15, 0.2) is 48.7 Å². The van der Waals surface area contributed by atoms with Gasteiger partial charge in [0.25, 0.3) is 5.91 Å². The minimum absolute atomic E-state index is 0.0806. The molecule has 0 atom stereocenters. The number of aryl methyl sites for hydroxylation is 1. The summed E-state index contributed by atoms with van der Waals surface area (Å²) in [4.78, 5) is 17.5. The normalized spacial score (nSPS) is 10.2. The highest BCUT2D eigenvalue weighted by molar-refractivity contribution is 5.92. The van der Waals surface area contributed by atoms with E-state index in [1.165, 1.54) is 10.5 Å². The maximum absolute atomic E-state index is 11.8. The van der Waals surface area contributed by atoms with Gasteiger partial charge in [-0.1, -0.05) is 30.3 Å². The predicted molar refractivity (Wildman–Crippen MR) is 85.5 cm³/mol. The Kier molecular flexibility index (Phi) is 5.32. The van der Waals surface area contributed by atoms with Crippen molar-refractivity contribution in [3.63, 3.8) is 0 Å². The minimum atomic E-state index is -0.0806. The molecule has 2 aromatic rings. The number of carbonyl (C=O) groups excluding carboxylic acids is 1.